The monoisotopic (exact) mass is 499 g/mol. The molecule has 2 fully saturated rings. The number of aromatic nitrogens is 1. The Labute approximate surface area is 206 Å². The van der Waals surface area contributed by atoms with Crippen LogP contribution in [0.2, 0.25) is 0 Å². The normalized spacial score (nSPS) is 17.6. The van der Waals surface area contributed by atoms with Crippen molar-refractivity contribution in [2.75, 3.05) is 31.1 Å². The predicted octanol–water partition coefficient (Wildman–Crippen LogP) is 4.38. The third-order valence-corrected chi connectivity index (χ3v) is 7.63. The van der Waals surface area contributed by atoms with E-state index in [1.165, 1.54) is 28.8 Å². The SMILES string of the molecule is O=C(O)c1cn(Cc2ccc(F)cc2)c2c(F)c(N3CCC(C4CCNCC4)CC3)c(F)cc2c1=O. The minimum atomic E-state index is -1.49. The smallest absolute Gasteiger partial charge is 0.341 e. The summed E-state index contributed by atoms with van der Waals surface area (Å²) in [5, 5.41) is 12.6. The molecular formula is C27H28F3N3O3. The van der Waals surface area contributed by atoms with Gasteiger partial charge < -0.3 is 19.9 Å². The van der Waals surface area contributed by atoms with Crippen molar-refractivity contribution < 1.29 is 23.1 Å². The molecule has 0 atom stereocenters. The number of hydrogen-bond donors (Lipinski definition) is 2. The number of fused-ring (bicyclic) bond motifs is 1. The third kappa shape index (κ3) is 4.59. The van der Waals surface area contributed by atoms with E-state index in [-0.39, 0.29) is 23.1 Å². The van der Waals surface area contributed by atoms with Gasteiger partial charge in [0.1, 0.15) is 22.9 Å². The van der Waals surface area contributed by atoms with Crippen LogP contribution in [0, 0.1) is 29.3 Å². The standard InChI is InChI=1S/C27H28F3N3O3/c28-19-3-1-16(2-4-19)14-33-15-21(27(35)36)26(34)20-13-22(29)25(23(30)24(20)33)32-11-7-18(8-12-32)17-5-9-31-10-6-17/h1-4,13,15,17-18,31H,5-12,14H2,(H,35,36). The van der Waals surface area contributed by atoms with Gasteiger partial charge in [-0.1, -0.05) is 12.1 Å². The van der Waals surface area contributed by atoms with Crippen molar-refractivity contribution in [3.8, 4) is 0 Å². The van der Waals surface area contributed by atoms with Crippen molar-refractivity contribution in [2.24, 2.45) is 11.8 Å². The largest absolute Gasteiger partial charge is 0.477 e. The maximum Gasteiger partial charge on any atom is 0.341 e. The highest BCUT2D eigenvalue weighted by Crippen LogP contribution is 2.36. The molecule has 2 N–H and O–H groups in total. The number of carbonyl (C=O) groups is 1. The molecule has 2 saturated heterocycles. The van der Waals surface area contributed by atoms with Gasteiger partial charge in [-0.2, -0.15) is 0 Å². The summed E-state index contributed by atoms with van der Waals surface area (Å²) in [6, 6.07) is 6.42. The van der Waals surface area contributed by atoms with Gasteiger partial charge in [0.2, 0.25) is 5.43 Å². The molecule has 0 bridgehead atoms. The fourth-order valence-corrected chi connectivity index (χ4v) is 5.74. The van der Waals surface area contributed by atoms with Crippen LogP contribution >= 0.6 is 0 Å². The highest BCUT2D eigenvalue weighted by atomic mass is 19.1. The first kappa shape index (κ1) is 24.4. The van der Waals surface area contributed by atoms with E-state index in [2.05, 4.69) is 5.32 Å². The number of anilines is 1. The molecule has 3 aromatic rings. The summed E-state index contributed by atoms with van der Waals surface area (Å²) in [5.74, 6) is -2.56. The second kappa shape index (κ2) is 9.97. The van der Waals surface area contributed by atoms with Crippen LogP contribution in [0.15, 0.2) is 41.3 Å². The van der Waals surface area contributed by atoms with Crippen LogP contribution < -0.4 is 15.6 Å². The van der Waals surface area contributed by atoms with E-state index in [0.29, 0.717) is 30.5 Å². The van der Waals surface area contributed by atoms with Gasteiger partial charge in [0.25, 0.3) is 0 Å². The molecule has 1 aromatic heterocycles. The fourth-order valence-electron chi connectivity index (χ4n) is 5.74. The van der Waals surface area contributed by atoms with Crippen LogP contribution in [0.5, 0.6) is 0 Å². The molecule has 9 heteroatoms. The van der Waals surface area contributed by atoms with Crippen LogP contribution in [0.1, 0.15) is 41.6 Å². The number of carboxylic acid groups (broad SMARTS) is 1. The molecule has 2 aliphatic rings. The number of aromatic carboxylic acids is 1. The number of pyridine rings is 1. The summed E-state index contributed by atoms with van der Waals surface area (Å²) >= 11 is 0. The van der Waals surface area contributed by atoms with Gasteiger partial charge >= 0.3 is 5.97 Å². The van der Waals surface area contributed by atoms with Gasteiger partial charge in [0.15, 0.2) is 5.82 Å². The van der Waals surface area contributed by atoms with Gasteiger partial charge in [0, 0.05) is 25.8 Å². The second-order valence-corrected chi connectivity index (χ2v) is 9.76. The van der Waals surface area contributed by atoms with E-state index in [0.717, 1.165) is 51.0 Å². The number of halogens is 3. The number of benzene rings is 2. The van der Waals surface area contributed by atoms with E-state index in [4.69, 9.17) is 0 Å². The average Bonchev–Trinajstić information content (AvgIpc) is 2.87. The molecule has 2 aliphatic heterocycles. The summed E-state index contributed by atoms with van der Waals surface area (Å²) in [6.07, 6.45) is 4.98. The van der Waals surface area contributed by atoms with E-state index >= 15 is 8.78 Å². The van der Waals surface area contributed by atoms with Crippen molar-refractivity contribution in [3.63, 3.8) is 0 Å². The summed E-state index contributed by atoms with van der Waals surface area (Å²) in [6.45, 7) is 3.00. The summed E-state index contributed by atoms with van der Waals surface area (Å²) in [5.41, 5.74) is -1.31. The number of nitrogens with zero attached hydrogens (tertiary/aromatic N) is 2. The van der Waals surface area contributed by atoms with Crippen LogP contribution in [-0.4, -0.2) is 41.8 Å². The molecule has 2 aromatic carbocycles. The first-order valence-corrected chi connectivity index (χ1v) is 12.3. The number of piperidine rings is 2. The lowest BCUT2D eigenvalue weighted by molar-refractivity contribution is 0.0694. The summed E-state index contributed by atoms with van der Waals surface area (Å²) in [4.78, 5) is 26.2. The van der Waals surface area contributed by atoms with Gasteiger partial charge in [-0.3, -0.25) is 4.79 Å². The van der Waals surface area contributed by atoms with Crippen molar-refractivity contribution in [3.05, 3.63) is 75.3 Å². The maximum atomic E-state index is 16.0. The first-order valence-electron chi connectivity index (χ1n) is 12.3. The third-order valence-electron chi connectivity index (χ3n) is 7.63. The van der Waals surface area contributed by atoms with Crippen molar-refractivity contribution in [1.29, 1.82) is 0 Å². The predicted molar refractivity (Wildman–Crippen MR) is 131 cm³/mol. The van der Waals surface area contributed by atoms with Gasteiger partial charge in [0.05, 0.1) is 10.9 Å². The lowest BCUT2D eigenvalue weighted by atomic mass is 9.79. The van der Waals surface area contributed by atoms with Crippen LogP contribution in [0.3, 0.4) is 0 Å². The topological polar surface area (TPSA) is 74.6 Å². The molecule has 0 amide bonds. The molecule has 0 spiro atoms. The summed E-state index contributed by atoms with van der Waals surface area (Å²) in [7, 11) is 0. The Hall–Kier alpha value is -3.33. The minimum Gasteiger partial charge on any atom is -0.477 e. The number of rotatable bonds is 5. The molecule has 36 heavy (non-hydrogen) atoms. The van der Waals surface area contributed by atoms with Crippen molar-refractivity contribution in [1.82, 2.24) is 9.88 Å². The van der Waals surface area contributed by atoms with Crippen LogP contribution in [0.25, 0.3) is 10.9 Å². The number of carboxylic acids is 1. The second-order valence-electron chi connectivity index (χ2n) is 9.76. The Kier molecular flexibility index (Phi) is 6.75. The minimum absolute atomic E-state index is 0.0167. The Balaban J connectivity index is 1.54. The van der Waals surface area contributed by atoms with Crippen molar-refractivity contribution >= 4 is 22.6 Å². The maximum absolute atomic E-state index is 16.0. The van der Waals surface area contributed by atoms with Crippen molar-refractivity contribution in [2.45, 2.75) is 32.2 Å². The lowest BCUT2D eigenvalue weighted by Crippen LogP contribution is -2.40. The number of hydrogen-bond acceptors (Lipinski definition) is 4. The zero-order valence-corrected chi connectivity index (χ0v) is 19.8. The Bertz CT molecular complexity index is 1340. The molecule has 5 rings (SSSR count). The Morgan fingerprint density at radius 2 is 1.64 bits per heavy atom. The molecule has 190 valence electrons. The van der Waals surface area contributed by atoms with Crippen LogP contribution in [0.4, 0.5) is 18.9 Å². The van der Waals surface area contributed by atoms with Gasteiger partial charge in [-0.25, -0.2) is 18.0 Å². The summed E-state index contributed by atoms with van der Waals surface area (Å²) < 4.78 is 46.0. The average molecular weight is 500 g/mol. The van der Waals surface area contributed by atoms with Gasteiger partial charge in [-0.05, 0) is 74.4 Å². The highest BCUT2D eigenvalue weighted by Gasteiger charge is 2.31. The molecule has 0 unspecified atom stereocenters. The molecule has 0 saturated carbocycles. The van der Waals surface area contributed by atoms with Crippen LogP contribution in [-0.2, 0) is 6.54 Å². The molecule has 6 nitrogen and oxygen atoms in total. The molecule has 0 aliphatic carbocycles. The van der Waals surface area contributed by atoms with Gasteiger partial charge in [-0.15, -0.1) is 0 Å². The van der Waals surface area contributed by atoms with E-state index in [9.17, 15) is 19.1 Å². The highest BCUT2D eigenvalue weighted by molar-refractivity contribution is 5.94. The van der Waals surface area contributed by atoms with E-state index < -0.39 is 34.4 Å². The Morgan fingerprint density at radius 1 is 1.00 bits per heavy atom. The first-order chi connectivity index (χ1) is 17.3. The number of nitrogens with one attached hydrogen (secondary N) is 1. The Morgan fingerprint density at radius 3 is 2.28 bits per heavy atom. The molecular weight excluding hydrogens is 471 g/mol. The molecule has 0 radical (unpaired) electrons. The zero-order chi connectivity index (χ0) is 25.4. The fraction of sp³-hybridized carbons (Fsp3) is 0.407. The zero-order valence-electron chi connectivity index (χ0n) is 19.8. The van der Waals surface area contributed by atoms with E-state index in [1.807, 2.05) is 0 Å². The lowest BCUT2D eigenvalue weighted by Gasteiger charge is -2.39. The quantitative estimate of drug-likeness (QED) is 0.545. The van der Waals surface area contributed by atoms with E-state index in [1.54, 1.807) is 4.90 Å². The molecule has 3 heterocycles.